The van der Waals surface area contributed by atoms with Gasteiger partial charge in [0.25, 0.3) is 0 Å². The zero-order valence-corrected chi connectivity index (χ0v) is 15.9. The van der Waals surface area contributed by atoms with Gasteiger partial charge in [-0.1, -0.05) is 18.2 Å². The van der Waals surface area contributed by atoms with Gasteiger partial charge in [0.2, 0.25) is 5.91 Å². The maximum Gasteiger partial charge on any atom is 0.248 e. The summed E-state index contributed by atoms with van der Waals surface area (Å²) in [5, 5.41) is 3.19. The van der Waals surface area contributed by atoms with Gasteiger partial charge in [0.1, 0.15) is 19.0 Å². The fourth-order valence-electron chi connectivity index (χ4n) is 2.32. The number of carbonyl (C=O) groups excluding carboxylic acids is 1. The molecule has 2 aromatic rings. The molecule has 0 aliphatic carbocycles. The Bertz CT molecular complexity index is 835. The maximum absolute atomic E-state index is 13.5. The molecule has 1 heterocycles. The Kier molecular flexibility index (Phi) is 6.72. The van der Waals surface area contributed by atoms with Crippen LogP contribution in [0.2, 0.25) is 0 Å². The monoisotopic (exact) mass is 407 g/mol. The molecule has 2 aromatic carbocycles. The number of nitrogens with one attached hydrogen (secondary N) is 3. The molecule has 6 nitrogen and oxygen atoms in total. The van der Waals surface area contributed by atoms with Crippen LogP contribution in [0.1, 0.15) is 5.56 Å². The Hall–Kier alpha value is -2.52. The predicted octanol–water partition coefficient (Wildman–Crippen LogP) is 2.85. The summed E-state index contributed by atoms with van der Waals surface area (Å²) in [6, 6.07) is 11.9. The average Bonchev–Trinajstić information content (AvgIpc) is 2.68. The number of thioether (sulfide) groups is 1. The maximum atomic E-state index is 13.5. The van der Waals surface area contributed by atoms with Crippen molar-refractivity contribution in [2.45, 2.75) is 5.75 Å². The van der Waals surface area contributed by atoms with Gasteiger partial charge >= 0.3 is 0 Å². The molecule has 1 amide bonds. The first-order chi connectivity index (χ1) is 13.1. The van der Waals surface area contributed by atoms with E-state index in [9.17, 15) is 9.18 Å². The molecule has 27 heavy (non-hydrogen) atoms. The van der Waals surface area contributed by atoms with Crippen molar-refractivity contribution in [3.05, 3.63) is 53.8 Å². The molecule has 9 heteroatoms. The number of amides is 1. The van der Waals surface area contributed by atoms with E-state index in [0.29, 0.717) is 41.7 Å². The Morgan fingerprint density at radius 1 is 1.11 bits per heavy atom. The van der Waals surface area contributed by atoms with Gasteiger partial charge in [-0.3, -0.25) is 15.6 Å². The number of carbonyl (C=O) groups is 1. The smallest absolute Gasteiger partial charge is 0.248 e. The number of rotatable bonds is 5. The van der Waals surface area contributed by atoms with Crippen molar-refractivity contribution < 1.29 is 18.7 Å². The standard InChI is InChI=1S/C18H18FN3O3S2/c19-14-4-2-1-3-12(14)10-27-11-17(23)21-22-18(26)20-13-5-6-15-16(9-13)25-8-7-24-15/h1-6,9H,7-8,10-11H2,(H,21,23)(H2,20,22,26). The van der Waals surface area contributed by atoms with Crippen molar-refractivity contribution >= 4 is 40.7 Å². The number of ether oxygens (including phenoxy) is 2. The SMILES string of the molecule is O=C(CSCc1ccccc1F)NNC(=S)Nc1ccc2c(c1)OCCO2. The molecule has 0 radical (unpaired) electrons. The van der Waals surface area contributed by atoms with Crippen molar-refractivity contribution in [1.29, 1.82) is 0 Å². The normalized spacial score (nSPS) is 12.2. The fourth-order valence-corrected chi connectivity index (χ4v) is 3.30. The van der Waals surface area contributed by atoms with Gasteiger partial charge in [-0.25, -0.2) is 4.39 Å². The van der Waals surface area contributed by atoms with E-state index in [4.69, 9.17) is 21.7 Å². The first-order valence-corrected chi connectivity index (χ1v) is 9.75. The molecule has 3 N–H and O–H groups in total. The third-order valence-corrected chi connectivity index (χ3v) is 4.75. The number of fused-ring (bicyclic) bond motifs is 1. The van der Waals surface area contributed by atoms with E-state index in [-0.39, 0.29) is 22.6 Å². The molecule has 0 atom stereocenters. The molecular weight excluding hydrogens is 389 g/mol. The molecule has 142 valence electrons. The first kappa shape index (κ1) is 19.2. The minimum absolute atomic E-state index is 0.175. The summed E-state index contributed by atoms with van der Waals surface area (Å²) in [5.41, 5.74) is 6.41. The second-order valence-electron chi connectivity index (χ2n) is 5.57. The predicted molar refractivity (Wildman–Crippen MR) is 107 cm³/mol. The highest BCUT2D eigenvalue weighted by molar-refractivity contribution is 7.99. The van der Waals surface area contributed by atoms with Crippen LogP contribution in [0.3, 0.4) is 0 Å². The lowest BCUT2D eigenvalue weighted by Crippen LogP contribution is -2.44. The summed E-state index contributed by atoms with van der Waals surface area (Å²) in [6.07, 6.45) is 0. The first-order valence-electron chi connectivity index (χ1n) is 8.18. The summed E-state index contributed by atoms with van der Waals surface area (Å²) >= 11 is 6.46. The second-order valence-corrected chi connectivity index (χ2v) is 6.96. The lowest BCUT2D eigenvalue weighted by atomic mass is 10.2. The topological polar surface area (TPSA) is 71.6 Å². The van der Waals surface area contributed by atoms with Crippen LogP contribution < -0.4 is 25.6 Å². The van der Waals surface area contributed by atoms with Crippen LogP contribution >= 0.6 is 24.0 Å². The second kappa shape index (κ2) is 9.43. The van der Waals surface area contributed by atoms with Crippen molar-refractivity contribution in [3.63, 3.8) is 0 Å². The highest BCUT2D eigenvalue weighted by Crippen LogP contribution is 2.32. The van der Waals surface area contributed by atoms with E-state index < -0.39 is 0 Å². The number of benzene rings is 2. The summed E-state index contributed by atoms with van der Waals surface area (Å²) < 4.78 is 24.5. The molecule has 0 aromatic heterocycles. The largest absolute Gasteiger partial charge is 0.486 e. The van der Waals surface area contributed by atoms with Crippen LogP contribution in [-0.4, -0.2) is 30.0 Å². The van der Waals surface area contributed by atoms with Crippen LogP contribution in [0, 0.1) is 5.82 Å². The van der Waals surface area contributed by atoms with Crippen LogP contribution in [0.15, 0.2) is 42.5 Å². The third kappa shape index (κ3) is 5.73. The van der Waals surface area contributed by atoms with E-state index >= 15 is 0 Å². The van der Waals surface area contributed by atoms with Gasteiger partial charge in [-0.15, -0.1) is 11.8 Å². The Morgan fingerprint density at radius 3 is 2.70 bits per heavy atom. The summed E-state index contributed by atoms with van der Waals surface area (Å²) in [6.45, 7) is 1.03. The van der Waals surface area contributed by atoms with Crippen LogP contribution in [0.4, 0.5) is 10.1 Å². The Balaban J connectivity index is 1.38. The lowest BCUT2D eigenvalue weighted by molar-refractivity contribution is -0.119. The number of halogens is 1. The number of hydrogen-bond acceptors (Lipinski definition) is 5. The molecule has 1 aliphatic rings. The Morgan fingerprint density at radius 2 is 1.89 bits per heavy atom. The minimum atomic E-state index is -0.270. The minimum Gasteiger partial charge on any atom is -0.486 e. The highest BCUT2D eigenvalue weighted by Gasteiger charge is 2.12. The van der Waals surface area contributed by atoms with E-state index in [1.807, 2.05) is 0 Å². The summed E-state index contributed by atoms with van der Waals surface area (Å²) in [4.78, 5) is 11.9. The van der Waals surface area contributed by atoms with Gasteiger partial charge in [0.05, 0.1) is 5.75 Å². The number of hydrazine groups is 1. The van der Waals surface area contributed by atoms with Crippen molar-refractivity contribution in [2.24, 2.45) is 0 Å². The molecule has 0 saturated heterocycles. The molecule has 1 aliphatic heterocycles. The van der Waals surface area contributed by atoms with Crippen molar-refractivity contribution in [3.8, 4) is 11.5 Å². The van der Waals surface area contributed by atoms with E-state index in [1.165, 1.54) is 17.8 Å². The van der Waals surface area contributed by atoms with Gasteiger partial charge in [-0.2, -0.15) is 0 Å². The molecule has 0 saturated carbocycles. The zero-order valence-electron chi connectivity index (χ0n) is 14.3. The van der Waals surface area contributed by atoms with E-state index in [0.717, 1.165) is 0 Å². The molecule has 0 unspecified atom stereocenters. The lowest BCUT2D eigenvalue weighted by Gasteiger charge is -2.19. The average molecular weight is 407 g/mol. The Labute approximate surface area is 165 Å². The summed E-state index contributed by atoms with van der Waals surface area (Å²) in [5.74, 6) is 1.39. The van der Waals surface area contributed by atoms with Gasteiger partial charge in [-0.05, 0) is 36.0 Å². The van der Waals surface area contributed by atoms with Crippen LogP contribution in [0.25, 0.3) is 0 Å². The number of thiocarbonyl (C=S) groups is 1. The molecule has 3 rings (SSSR count). The zero-order chi connectivity index (χ0) is 19.1. The number of hydrogen-bond donors (Lipinski definition) is 3. The van der Waals surface area contributed by atoms with Crippen LogP contribution in [0.5, 0.6) is 11.5 Å². The molecular formula is C18H18FN3O3S2. The quantitative estimate of drug-likeness (QED) is 0.520. The van der Waals surface area contributed by atoms with Gasteiger partial charge in [0, 0.05) is 17.5 Å². The van der Waals surface area contributed by atoms with Crippen molar-refractivity contribution in [1.82, 2.24) is 10.9 Å². The van der Waals surface area contributed by atoms with Gasteiger partial charge in [0.15, 0.2) is 16.6 Å². The molecule has 0 fully saturated rings. The van der Waals surface area contributed by atoms with Crippen molar-refractivity contribution in [2.75, 3.05) is 24.3 Å². The van der Waals surface area contributed by atoms with Gasteiger partial charge < -0.3 is 14.8 Å². The summed E-state index contributed by atoms with van der Waals surface area (Å²) in [7, 11) is 0. The van der Waals surface area contributed by atoms with E-state index in [1.54, 1.807) is 36.4 Å². The number of anilines is 1. The molecule has 0 spiro atoms. The third-order valence-electron chi connectivity index (χ3n) is 3.56. The van der Waals surface area contributed by atoms with E-state index in [2.05, 4.69) is 16.2 Å². The van der Waals surface area contributed by atoms with Crippen LogP contribution in [-0.2, 0) is 10.5 Å². The highest BCUT2D eigenvalue weighted by atomic mass is 32.2. The molecule has 0 bridgehead atoms. The fraction of sp³-hybridized carbons (Fsp3) is 0.222.